The maximum Gasteiger partial charge on any atom is 0.232 e. The lowest BCUT2D eigenvalue weighted by Crippen LogP contribution is -2.40. The highest BCUT2D eigenvalue weighted by atomic mass is 32.2. The SMILES string of the molecule is CCCSCC(=O)N1CCCC(c2cc(N3CCOCC3)ncn2)C1. The second kappa shape index (κ2) is 9.38. The standard InChI is InChI=1S/C18H28N4O2S/c1-2-10-25-13-18(23)22-5-3-4-15(12-22)16-11-17(20-14-19-16)21-6-8-24-9-7-21/h11,14-15H,2-10,12-13H2,1H3. The quantitative estimate of drug-likeness (QED) is 0.721. The summed E-state index contributed by atoms with van der Waals surface area (Å²) in [6.07, 6.45) is 4.92. The summed E-state index contributed by atoms with van der Waals surface area (Å²) >= 11 is 1.74. The van der Waals surface area contributed by atoms with Crippen molar-refractivity contribution >= 4 is 23.5 Å². The van der Waals surface area contributed by atoms with Crippen molar-refractivity contribution in [3.05, 3.63) is 18.1 Å². The Morgan fingerprint density at radius 1 is 1.32 bits per heavy atom. The zero-order valence-electron chi connectivity index (χ0n) is 15.0. The smallest absolute Gasteiger partial charge is 0.232 e. The summed E-state index contributed by atoms with van der Waals surface area (Å²) in [5.74, 6) is 3.22. The molecular weight excluding hydrogens is 336 g/mol. The van der Waals surface area contributed by atoms with Gasteiger partial charge in [-0.25, -0.2) is 9.97 Å². The Morgan fingerprint density at radius 2 is 2.16 bits per heavy atom. The van der Waals surface area contributed by atoms with Gasteiger partial charge in [-0.2, -0.15) is 11.8 Å². The van der Waals surface area contributed by atoms with Crippen LogP contribution in [0.3, 0.4) is 0 Å². The number of anilines is 1. The average Bonchev–Trinajstić information content (AvgIpc) is 2.69. The summed E-state index contributed by atoms with van der Waals surface area (Å²) in [4.78, 5) is 25.6. The predicted molar refractivity (Wildman–Crippen MR) is 101 cm³/mol. The highest BCUT2D eigenvalue weighted by molar-refractivity contribution is 7.99. The highest BCUT2D eigenvalue weighted by Crippen LogP contribution is 2.27. The van der Waals surface area contributed by atoms with Crippen LogP contribution in [0.5, 0.6) is 0 Å². The molecule has 7 heteroatoms. The molecule has 138 valence electrons. The Balaban J connectivity index is 1.62. The number of morpholine rings is 1. The van der Waals surface area contributed by atoms with Crippen LogP contribution in [0.1, 0.15) is 37.8 Å². The van der Waals surface area contributed by atoms with Gasteiger partial charge in [-0.1, -0.05) is 6.92 Å². The van der Waals surface area contributed by atoms with E-state index in [1.54, 1.807) is 18.1 Å². The number of carbonyl (C=O) groups excluding carboxylic acids is 1. The Morgan fingerprint density at radius 3 is 2.96 bits per heavy atom. The molecule has 0 bridgehead atoms. The van der Waals surface area contributed by atoms with Crippen molar-refractivity contribution in [3.8, 4) is 0 Å². The number of aromatic nitrogens is 2. The van der Waals surface area contributed by atoms with Crippen molar-refractivity contribution in [2.24, 2.45) is 0 Å². The third-order valence-corrected chi connectivity index (χ3v) is 5.92. The molecule has 0 saturated carbocycles. The topological polar surface area (TPSA) is 58.6 Å². The summed E-state index contributed by atoms with van der Waals surface area (Å²) in [6, 6.07) is 2.11. The van der Waals surface area contributed by atoms with E-state index in [0.717, 1.165) is 75.9 Å². The number of amides is 1. The number of carbonyl (C=O) groups is 1. The van der Waals surface area contributed by atoms with Gasteiger partial charge in [0, 0.05) is 38.2 Å². The lowest BCUT2D eigenvalue weighted by molar-refractivity contribution is -0.129. The minimum atomic E-state index is 0.269. The monoisotopic (exact) mass is 364 g/mol. The minimum absolute atomic E-state index is 0.269. The van der Waals surface area contributed by atoms with Crippen LogP contribution in [0.4, 0.5) is 5.82 Å². The molecule has 2 aliphatic rings. The summed E-state index contributed by atoms with van der Waals surface area (Å²) in [7, 11) is 0. The molecule has 1 unspecified atom stereocenters. The maximum absolute atomic E-state index is 12.4. The molecule has 0 N–H and O–H groups in total. The molecule has 2 saturated heterocycles. The van der Waals surface area contributed by atoms with Crippen LogP contribution in [0, 0.1) is 0 Å². The molecule has 2 aliphatic heterocycles. The van der Waals surface area contributed by atoms with Crippen LogP contribution in [0.2, 0.25) is 0 Å². The molecule has 3 heterocycles. The van der Waals surface area contributed by atoms with Gasteiger partial charge in [0.1, 0.15) is 12.1 Å². The minimum Gasteiger partial charge on any atom is -0.378 e. The Labute approximate surface area is 154 Å². The lowest BCUT2D eigenvalue weighted by Gasteiger charge is -2.33. The van der Waals surface area contributed by atoms with Gasteiger partial charge >= 0.3 is 0 Å². The molecule has 2 fully saturated rings. The first kappa shape index (κ1) is 18.5. The Bertz CT molecular complexity index is 566. The second-order valence-electron chi connectivity index (χ2n) is 6.63. The molecular formula is C18H28N4O2S. The van der Waals surface area contributed by atoms with Gasteiger partial charge in [-0.15, -0.1) is 0 Å². The molecule has 25 heavy (non-hydrogen) atoms. The Kier molecular flexibility index (Phi) is 6.93. The molecule has 0 aromatic carbocycles. The van der Waals surface area contributed by atoms with Crippen LogP contribution in [-0.2, 0) is 9.53 Å². The number of hydrogen-bond acceptors (Lipinski definition) is 6. The van der Waals surface area contributed by atoms with Crippen molar-refractivity contribution in [2.45, 2.75) is 32.1 Å². The number of rotatable bonds is 6. The number of likely N-dealkylation sites (tertiary alicyclic amines) is 1. The normalized spacial score (nSPS) is 21.4. The van der Waals surface area contributed by atoms with E-state index in [9.17, 15) is 4.79 Å². The van der Waals surface area contributed by atoms with Gasteiger partial charge in [-0.3, -0.25) is 4.79 Å². The third kappa shape index (κ3) is 5.07. The number of nitrogens with zero attached hydrogens (tertiary/aromatic N) is 4. The van der Waals surface area contributed by atoms with E-state index in [4.69, 9.17) is 4.74 Å². The van der Waals surface area contributed by atoms with E-state index in [2.05, 4.69) is 27.9 Å². The van der Waals surface area contributed by atoms with Gasteiger partial charge in [0.25, 0.3) is 0 Å². The molecule has 1 aromatic heterocycles. The lowest BCUT2D eigenvalue weighted by atomic mass is 9.94. The van der Waals surface area contributed by atoms with Crippen LogP contribution in [0.25, 0.3) is 0 Å². The average molecular weight is 365 g/mol. The predicted octanol–water partition coefficient (Wildman–Crippen LogP) is 2.16. The van der Waals surface area contributed by atoms with Crippen molar-refractivity contribution in [1.29, 1.82) is 0 Å². The number of hydrogen-bond donors (Lipinski definition) is 0. The molecule has 0 radical (unpaired) electrons. The van der Waals surface area contributed by atoms with E-state index in [0.29, 0.717) is 11.7 Å². The fourth-order valence-electron chi connectivity index (χ4n) is 3.39. The van der Waals surface area contributed by atoms with Crippen LogP contribution in [-0.4, -0.2) is 71.7 Å². The molecule has 0 spiro atoms. The van der Waals surface area contributed by atoms with E-state index >= 15 is 0 Å². The first-order chi connectivity index (χ1) is 12.3. The second-order valence-corrected chi connectivity index (χ2v) is 7.74. The molecule has 1 aromatic rings. The van der Waals surface area contributed by atoms with Crippen LogP contribution in [0.15, 0.2) is 12.4 Å². The molecule has 1 atom stereocenters. The van der Waals surface area contributed by atoms with E-state index < -0.39 is 0 Å². The van der Waals surface area contributed by atoms with Gasteiger partial charge in [0.05, 0.1) is 24.7 Å². The maximum atomic E-state index is 12.4. The number of thioether (sulfide) groups is 1. The van der Waals surface area contributed by atoms with E-state index in [-0.39, 0.29) is 5.91 Å². The summed E-state index contributed by atoms with van der Waals surface area (Å²) < 4.78 is 5.42. The van der Waals surface area contributed by atoms with Crippen molar-refractivity contribution in [2.75, 3.05) is 55.8 Å². The van der Waals surface area contributed by atoms with Crippen LogP contribution < -0.4 is 4.90 Å². The van der Waals surface area contributed by atoms with E-state index in [1.165, 1.54) is 0 Å². The molecule has 3 rings (SSSR count). The largest absolute Gasteiger partial charge is 0.378 e. The fourth-order valence-corrected chi connectivity index (χ4v) is 4.18. The third-order valence-electron chi connectivity index (χ3n) is 4.78. The molecule has 1 amide bonds. The fraction of sp³-hybridized carbons (Fsp3) is 0.722. The summed E-state index contributed by atoms with van der Waals surface area (Å²) in [6.45, 7) is 7.06. The van der Waals surface area contributed by atoms with Gasteiger partial charge in [0.2, 0.25) is 5.91 Å². The van der Waals surface area contributed by atoms with Crippen LogP contribution >= 0.6 is 11.8 Å². The van der Waals surface area contributed by atoms with Crippen molar-refractivity contribution in [3.63, 3.8) is 0 Å². The number of ether oxygens (including phenoxy) is 1. The molecule has 0 aliphatic carbocycles. The zero-order chi connectivity index (χ0) is 17.5. The van der Waals surface area contributed by atoms with Gasteiger partial charge < -0.3 is 14.5 Å². The van der Waals surface area contributed by atoms with Gasteiger partial charge in [-0.05, 0) is 25.0 Å². The first-order valence-electron chi connectivity index (χ1n) is 9.28. The highest BCUT2D eigenvalue weighted by Gasteiger charge is 2.26. The first-order valence-corrected chi connectivity index (χ1v) is 10.4. The molecule has 6 nitrogen and oxygen atoms in total. The number of piperidine rings is 1. The summed E-state index contributed by atoms with van der Waals surface area (Å²) in [5.41, 5.74) is 1.07. The Hall–Kier alpha value is -1.34. The van der Waals surface area contributed by atoms with Crippen molar-refractivity contribution < 1.29 is 9.53 Å². The zero-order valence-corrected chi connectivity index (χ0v) is 15.8. The van der Waals surface area contributed by atoms with E-state index in [1.807, 2.05) is 4.90 Å². The van der Waals surface area contributed by atoms with Crippen molar-refractivity contribution in [1.82, 2.24) is 14.9 Å². The van der Waals surface area contributed by atoms with Gasteiger partial charge in [0.15, 0.2) is 0 Å². The summed E-state index contributed by atoms with van der Waals surface area (Å²) in [5, 5.41) is 0.